The summed E-state index contributed by atoms with van der Waals surface area (Å²) in [5.74, 6) is 3.18. The van der Waals surface area contributed by atoms with Gasteiger partial charge in [-0.2, -0.15) is 0 Å². The Morgan fingerprint density at radius 2 is 1.14 bits per heavy atom. The van der Waals surface area contributed by atoms with Crippen LogP contribution in [0.1, 0.15) is 37.3 Å². The third-order valence-electron chi connectivity index (χ3n) is 14.2. The van der Waals surface area contributed by atoms with E-state index in [0.717, 1.165) is 65.8 Å². The maximum absolute atomic E-state index is 9.48. The highest BCUT2D eigenvalue weighted by atomic mass is 16.5. The van der Waals surface area contributed by atoms with Crippen LogP contribution in [-0.4, -0.2) is 20.8 Å². The van der Waals surface area contributed by atoms with Gasteiger partial charge < -0.3 is 18.5 Å². The first-order valence-electron chi connectivity index (χ1n) is 27.4. The Morgan fingerprint density at radius 3 is 1.90 bits per heavy atom. The summed E-state index contributed by atoms with van der Waals surface area (Å²) < 4.78 is 96.7. The fraction of sp³-hybridized carbons (Fsp3) is 0.0635. The summed E-state index contributed by atoms with van der Waals surface area (Å²) in [4.78, 5) is 5.56. The monoisotopic (exact) mass is 907 g/mol. The molecule has 2 aliphatic heterocycles. The van der Waals surface area contributed by atoms with Crippen molar-refractivity contribution in [1.29, 1.82) is 0 Å². The summed E-state index contributed by atoms with van der Waals surface area (Å²) >= 11 is 0. The second-order valence-corrected chi connectivity index (χ2v) is 19.3. The number of furan rings is 1. The Kier molecular flexibility index (Phi) is 6.57. The van der Waals surface area contributed by atoms with Gasteiger partial charge in [-0.3, -0.25) is 4.57 Å². The Labute approximate surface area is 414 Å². The van der Waals surface area contributed by atoms with E-state index < -0.39 is 48.3 Å². The van der Waals surface area contributed by atoms with Crippen LogP contribution >= 0.6 is 0 Å². The lowest BCUT2D eigenvalue weighted by molar-refractivity contribution is 0.464. The van der Waals surface area contributed by atoms with Crippen LogP contribution < -0.4 is 25.9 Å². The zero-order valence-electron chi connectivity index (χ0n) is 46.1. The van der Waals surface area contributed by atoms with Crippen LogP contribution in [0.3, 0.4) is 0 Å². The standard InChI is InChI=1S/C63H42BN3O3/c1-63(2,3)40-15-12-14-37(32-40)38-26-30-55-48(33-38)64-49-34-39(27-31-56(49)69-58-25-13-24-57(68-55)60(58)64)50-35-41(66-51-20-8-4-16-42(51)43-17-5-9-21-52(43)66)36-59(65-50)67-53-22-10-6-18-44(53)46-28-29-47-45-19-7-11-23-54(45)70-62(47)61(46)67/h4-36H,1-3H3/i4D,5D,8D,9D,16D,17D,20D,21D. The largest absolute Gasteiger partial charge is 0.458 e. The first-order valence-corrected chi connectivity index (χ1v) is 23.4. The van der Waals surface area contributed by atoms with Gasteiger partial charge in [0.2, 0.25) is 0 Å². The maximum Gasteiger partial charge on any atom is 0.260 e. The van der Waals surface area contributed by atoms with Gasteiger partial charge in [-0.25, -0.2) is 4.98 Å². The number of para-hydroxylation sites is 4. The molecule has 6 nitrogen and oxygen atoms in total. The SMILES string of the molecule is [2H]c1c([2H])c([2H])c2c(c1[2H])c1c([2H])c([2H])c([2H])c([2H])c1n2-c1cc(-c2ccc3c(c2)B2c4cc(-c5cccc(C(C)(C)C)c5)ccc4Oc4cccc(c42)O3)nc(-n2c3ccccc3c3ccc4c5ccccc5oc4c32)c1. The molecule has 0 atom stereocenters. The number of hydrogen-bond donors (Lipinski definition) is 0. The van der Waals surface area contributed by atoms with E-state index in [9.17, 15) is 5.48 Å². The van der Waals surface area contributed by atoms with E-state index in [2.05, 4.69) is 86.0 Å². The fourth-order valence-corrected chi connectivity index (χ4v) is 11.0. The molecule has 6 heterocycles. The van der Waals surface area contributed by atoms with E-state index in [1.807, 2.05) is 91.0 Å². The van der Waals surface area contributed by atoms with E-state index in [4.69, 9.17) is 24.4 Å². The Hall–Kier alpha value is -8.81. The minimum Gasteiger partial charge on any atom is -0.458 e. The van der Waals surface area contributed by atoms with Crippen LogP contribution in [0.15, 0.2) is 204 Å². The highest BCUT2D eigenvalue weighted by Crippen LogP contribution is 2.43. The van der Waals surface area contributed by atoms with Crippen molar-refractivity contribution in [2.75, 3.05) is 0 Å². The Bertz CT molecular complexity index is 4770. The molecular weight excluding hydrogens is 858 g/mol. The van der Waals surface area contributed by atoms with Gasteiger partial charge in [0.1, 0.15) is 34.4 Å². The first-order chi connectivity index (χ1) is 37.6. The third-order valence-corrected chi connectivity index (χ3v) is 14.2. The highest BCUT2D eigenvalue weighted by Gasteiger charge is 2.40. The van der Waals surface area contributed by atoms with E-state index in [0.29, 0.717) is 51.2 Å². The van der Waals surface area contributed by atoms with Gasteiger partial charge in [0, 0.05) is 49.4 Å². The van der Waals surface area contributed by atoms with Gasteiger partial charge >= 0.3 is 0 Å². The van der Waals surface area contributed by atoms with E-state index in [1.165, 1.54) is 5.56 Å². The van der Waals surface area contributed by atoms with Gasteiger partial charge in [-0.1, -0.05) is 148 Å². The fourth-order valence-electron chi connectivity index (χ4n) is 11.0. The lowest BCUT2D eigenvalue weighted by Crippen LogP contribution is -2.57. The zero-order chi connectivity index (χ0) is 53.4. The molecule has 15 rings (SSSR count). The van der Waals surface area contributed by atoms with Crippen molar-refractivity contribution in [3.8, 4) is 56.9 Å². The number of hydrogen-bond acceptors (Lipinski definition) is 4. The van der Waals surface area contributed by atoms with Crippen LogP contribution in [0.25, 0.3) is 99.4 Å². The molecule has 0 unspecified atom stereocenters. The van der Waals surface area contributed by atoms with Gasteiger partial charge in [0.25, 0.3) is 6.71 Å². The van der Waals surface area contributed by atoms with Gasteiger partial charge in [0.05, 0.1) is 44.4 Å². The van der Waals surface area contributed by atoms with Crippen molar-refractivity contribution in [2.24, 2.45) is 0 Å². The molecular formula is C63H42BN3O3. The predicted molar refractivity (Wildman–Crippen MR) is 287 cm³/mol. The molecule has 0 spiro atoms. The maximum atomic E-state index is 9.48. The molecule has 13 aromatic rings. The molecule has 2 aliphatic rings. The molecule has 0 aliphatic carbocycles. The van der Waals surface area contributed by atoms with Crippen molar-refractivity contribution in [3.05, 3.63) is 206 Å². The molecule has 0 radical (unpaired) electrons. The number of pyridine rings is 1. The molecule has 0 saturated carbocycles. The lowest BCUT2D eigenvalue weighted by atomic mass is 9.34. The van der Waals surface area contributed by atoms with Crippen molar-refractivity contribution < 1.29 is 24.9 Å². The average molecular weight is 908 g/mol. The van der Waals surface area contributed by atoms with Crippen molar-refractivity contribution in [2.45, 2.75) is 26.2 Å². The highest BCUT2D eigenvalue weighted by molar-refractivity contribution is 6.98. The molecule has 7 heteroatoms. The van der Waals surface area contributed by atoms with E-state index in [-0.39, 0.29) is 33.9 Å². The molecule has 0 saturated heterocycles. The summed E-state index contributed by atoms with van der Waals surface area (Å²) in [6.07, 6.45) is 0. The number of nitrogens with zero attached hydrogens (tertiary/aromatic N) is 3. The topological polar surface area (TPSA) is 54.4 Å². The normalized spacial score (nSPS) is 14.6. The van der Waals surface area contributed by atoms with Gasteiger partial charge in [0.15, 0.2) is 5.58 Å². The van der Waals surface area contributed by atoms with Crippen molar-refractivity contribution in [1.82, 2.24) is 14.1 Å². The Morgan fingerprint density at radius 1 is 0.500 bits per heavy atom. The molecule has 0 amide bonds. The van der Waals surface area contributed by atoms with Crippen LogP contribution in [-0.2, 0) is 5.41 Å². The summed E-state index contributed by atoms with van der Waals surface area (Å²) in [6.45, 7) is 6.30. The molecule has 4 aromatic heterocycles. The number of aromatic nitrogens is 3. The second-order valence-electron chi connectivity index (χ2n) is 19.3. The average Bonchev–Trinajstić information content (AvgIpc) is 4.34. The van der Waals surface area contributed by atoms with Crippen LogP contribution in [0.4, 0.5) is 0 Å². The lowest BCUT2D eigenvalue weighted by Gasteiger charge is -2.33. The summed E-state index contributed by atoms with van der Waals surface area (Å²) in [6, 6.07) is 46.9. The summed E-state index contributed by atoms with van der Waals surface area (Å²) in [5.41, 5.74) is 10.4. The van der Waals surface area contributed by atoms with Crippen molar-refractivity contribution >= 4 is 88.7 Å². The first kappa shape index (κ1) is 32.0. The number of benzene rings is 9. The molecule has 0 bridgehead atoms. The zero-order valence-corrected chi connectivity index (χ0v) is 38.1. The Balaban J connectivity index is 1.03. The number of rotatable bonds is 4. The minimum atomic E-state index is -0.517. The molecule has 70 heavy (non-hydrogen) atoms. The molecule has 0 N–H and O–H groups in total. The van der Waals surface area contributed by atoms with Gasteiger partial charge in [-0.05, 0) is 99.7 Å². The molecule has 9 aromatic carbocycles. The second kappa shape index (κ2) is 14.4. The summed E-state index contributed by atoms with van der Waals surface area (Å²) in [7, 11) is 0. The summed E-state index contributed by atoms with van der Waals surface area (Å²) in [5, 5.41) is 3.66. The van der Waals surface area contributed by atoms with Crippen molar-refractivity contribution in [3.63, 3.8) is 0 Å². The van der Waals surface area contributed by atoms with E-state index >= 15 is 0 Å². The van der Waals surface area contributed by atoms with Gasteiger partial charge in [-0.15, -0.1) is 0 Å². The quantitative estimate of drug-likeness (QED) is 0.165. The third kappa shape index (κ3) is 5.66. The number of fused-ring (bicyclic) bond motifs is 14. The van der Waals surface area contributed by atoms with Crippen LogP contribution in [0.5, 0.6) is 23.0 Å². The van der Waals surface area contributed by atoms with Crippen LogP contribution in [0, 0.1) is 0 Å². The van der Waals surface area contributed by atoms with Crippen LogP contribution in [0.2, 0.25) is 0 Å². The van der Waals surface area contributed by atoms with E-state index in [1.54, 1.807) is 4.57 Å². The molecule has 330 valence electrons. The smallest absolute Gasteiger partial charge is 0.260 e. The number of ether oxygens (including phenoxy) is 2. The minimum absolute atomic E-state index is 0.00127. The predicted octanol–water partition coefficient (Wildman–Crippen LogP) is 14.5. The molecule has 0 fully saturated rings.